The maximum atomic E-state index is 5.95. The van der Waals surface area contributed by atoms with Crippen LogP contribution in [-0.2, 0) is 0 Å². The standard InChI is InChI=1S/C11H12Cl2S2/c12-9-2-1-8(5-10(9)13)15-7-11(6-14)3-4-11/h1-2,5,14H,3-4,6-7H2. The third kappa shape index (κ3) is 3.00. The molecule has 1 saturated carbocycles. The molecule has 0 aromatic heterocycles. The van der Waals surface area contributed by atoms with E-state index in [2.05, 4.69) is 12.6 Å². The summed E-state index contributed by atoms with van der Waals surface area (Å²) in [6, 6.07) is 5.81. The summed E-state index contributed by atoms with van der Waals surface area (Å²) in [7, 11) is 0. The molecule has 0 unspecified atom stereocenters. The fourth-order valence-electron chi connectivity index (χ4n) is 1.33. The van der Waals surface area contributed by atoms with Crippen molar-refractivity contribution in [2.24, 2.45) is 5.41 Å². The molecule has 2 rings (SSSR count). The van der Waals surface area contributed by atoms with Gasteiger partial charge in [0.25, 0.3) is 0 Å². The van der Waals surface area contributed by atoms with Crippen molar-refractivity contribution in [2.45, 2.75) is 17.7 Å². The minimum absolute atomic E-state index is 0.486. The molecule has 1 aliphatic carbocycles. The molecule has 0 amide bonds. The lowest BCUT2D eigenvalue weighted by atomic mass is 10.2. The third-order valence-corrected chi connectivity index (χ3v) is 5.48. The zero-order valence-corrected chi connectivity index (χ0v) is 11.4. The number of halogens is 2. The molecule has 1 aromatic rings. The largest absolute Gasteiger partial charge is 0.179 e. The lowest BCUT2D eigenvalue weighted by Gasteiger charge is -2.11. The van der Waals surface area contributed by atoms with Gasteiger partial charge in [-0.25, -0.2) is 0 Å². The van der Waals surface area contributed by atoms with Crippen LogP contribution in [0.5, 0.6) is 0 Å². The monoisotopic (exact) mass is 278 g/mol. The van der Waals surface area contributed by atoms with E-state index in [1.165, 1.54) is 17.7 Å². The highest BCUT2D eigenvalue weighted by atomic mass is 35.5. The molecule has 0 N–H and O–H groups in total. The fraction of sp³-hybridized carbons (Fsp3) is 0.455. The lowest BCUT2D eigenvalue weighted by molar-refractivity contribution is 0.683. The predicted octanol–water partition coefficient (Wildman–Crippen LogP) is 4.80. The van der Waals surface area contributed by atoms with Crippen LogP contribution in [0.15, 0.2) is 23.1 Å². The van der Waals surface area contributed by atoms with Crippen LogP contribution in [0, 0.1) is 5.41 Å². The molecule has 4 heteroatoms. The molecule has 0 radical (unpaired) electrons. The van der Waals surface area contributed by atoms with Gasteiger partial charge < -0.3 is 0 Å². The minimum atomic E-state index is 0.486. The minimum Gasteiger partial charge on any atom is -0.179 e. The molecule has 0 nitrogen and oxygen atoms in total. The summed E-state index contributed by atoms with van der Waals surface area (Å²) in [5, 5.41) is 1.26. The van der Waals surface area contributed by atoms with Crippen LogP contribution in [0.2, 0.25) is 10.0 Å². The molecule has 1 aliphatic rings. The Bertz CT molecular complexity index is 362. The number of hydrogen-bond acceptors (Lipinski definition) is 2. The third-order valence-electron chi connectivity index (χ3n) is 2.73. The molecule has 82 valence electrons. The van der Waals surface area contributed by atoms with Gasteiger partial charge in [-0.15, -0.1) is 11.8 Å². The Kier molecular flexibility index (Phi) is 3.82. The second kappa shape index (κ2) is 4.79. The number of benzene rings is 1. The van der Waals surface area contributed by atoms with Gasteiger partial charge in [-0.2, -0.15) is 12.6 Å². The second-order valence-electron chi connectivity index (χ2n) is 4.02. The summed E-state index contributed by atoms with van der Waals surface area (Å²) in [6.45, 7) is 0. The zero-order chi connectivity index (χ0) is 10.9. The number of rotatable bonds is 4. The smallest absolute Gasteiger partial charge is 0.0603 e. The summed E-state index contributed by atoms with van der Waals surface area (Å²) in [6.07, 6.45) is 2.62. The van der Waals surface area contributed by atoms with E-state index >= 15 is 0 Å². The van der Waals surface area contributed by atoms with E-state index in [9.17, 15) is 0 Å². The number of hydrogen-bond donors (Lipinski definition) is 1. The van der Waals surface area contributed by atoms with Gasteiger partial charge in [0.2, 0.25) is 0 Å². The normalized spacial score (nSPS) is 17.8. The Morgan fingerprint density at radius 3 is 2.53 bits per heavy atom. The van der Waals surface area contributed by atoms with Crippen molar-refractivity contribution in [1.29, 1.82) is 0 Å². The van der Waals surface area contributed by atoms with E-state index in [0.717, 1.165) is 11.5 Å². The quantitative estimate of drug-likeness (QED) is 0.610. The Labute approximate surface area is 110 Å². The summed E-state index contributed by atoms with van der Waals surface area (Å²) in [4.78, 5) is 1.19. The van der Waals surface area contributed by atoms with Gasteiger partial charge in [-0.05, 0) is 42.2 Å². The van der Waals surface area contributed by atoms with E-state index in [1.807, 2.05) is 30.0 Å². The second-order valence-corrected chi connectivity index (χ2v) is 6.20. The van der Waals surface area contributed by atoms with Crippen LogP contribution in [0.4, 0.5) is 0 Å². The van der Waals surface area contributed by atoms with Crippen molar-refractivity contribution in [1.82, 2.24) is 0 Å². The van der Waals surface area contributed by atoms with Crippen LogP contribution >= 0.6 is 47.6 Å². The Morgan fingerprint density at radius 2 is 2.00 bits per heavy atom. The van der Waals surface area contributed by atoms with Gasteiger partial charge in [0.15, 0.2) is 0 Å². The van der Waals surface area contributed by atoms with Gasteiger partial charge in [0, 0.05) is 10.6 Å². The molecule has 0 spiro atoms. The average molecular weight is 279 g/mol. The van der Waals surface area contributed by atoms with Crippen LogP contribution in [0.3, 0.4) is 0 Å². The topological polar surface area (TPSA) is 0 Å². The first-order valence-corrected chi connectivity index (χ1v) is 7.21. The van der Waals surface area contributed by atoms with E-state index in [1.54, 1.807) is 0 Å². The van der Waals surface area contributed by atoms with Gasteiger partial charge in [0.05, 0.1) is 10.0 Å². The van der Waals surface area contributed by atoms with E-state index in [0.29, 0.717) is 15.5 Å². The van der Waals surface area contributed by atoms with Crippen molar-refractivity contribution < 1.29 is 0 Å². The molecule has 0 saturated heterocycles. The zero-order valence-electron chi connectivity index (χ0n) is 8.17. The molecule has 1 fully saturated rings. The maximum Gasteiger partial charge on any atom is 0.0603 e. The van der Waals surface area contributed by atoms with Crippen LogP contribution in [0.25, 0.3) is 0 Å². The van der Waals surface area contributed by atoms with Gasteiger partial charge in [-0.3, -0.25) is 0 Å². The predicted molar refractivity (Wildman–Crippen MR) is 72.7 cm³/mol. The van der Waals surface area contributed by atoms with Crippen molar-refractivity contribution >= 4 is 47.6 Å². The van der Waals surface area contributed by atoms with Crippen LogP contribution in [-0.4, -0.2) is 11.5 Å². The molecule has 0 aliphatic heterocycles. The molecule has 0 bridgehead atoms. The first-order valence-electron chi connectivity index (χ1n) is 4.84. The maximum absolute atomic E-state index is 5.95. The Morgan fingerprint density at radius 1 is 1.27 bits per heavy atom. The highest BCUT2D eigenvalue weighted by Gasteiger charge is 2.40. The molecular weight excluding hydrogens is 267 g/mol. The Balaban J connectivity index is 1.96. The first-order chi connectivity index (χ1) is 7.15. The molecule has 0 heterocycles. The van der Waals surface area contributed by atoms with Crippen LogP contribution in [0.1, 0.15) is 12.8 Å². The summed E-state index contributed by atoms with van der Waals surface area (Å²) >= 11 is 18.0. The van der Waals surface area contributed by atoms with E-state index in [-0.39, 0.29) is 0 Å². The molecule has 1 aromatic carbocycles. The summed E-state index contributed by atoms with van der Waals surface area (Å²) < 4.78 is 0. The lowest BCUT2D eigenvalue weighted by Crippen LogP contribution is -2.05. The van der Waals surface area contributed by atoms with Gasteiger partial charge in [-0.1, -0.05) is 23.2 Å². The Hall–Kier alpha value is 0.500. The summed E-state index contributed by atoms with van der Waals surface area (Å²) in [5.41, 5.74) is 0.486. The van der Waals surface area contributed by atoms with Gasteiger partial charge in [0.1, 0.15) is 0 Å². The van der Waals surface area contributed by atoms with Crippen LogP contribution < -0.4 is 0 Å². The highest BCUT2D eigenvalue weighted by Crippen LogP contribution is 2.50. The SMILES string of the molecule is SCC1(CSc2ccc(Cl)c(Cl)c2)CC1. The number of thiol groups is 1. The first kappa shape index (κ1) is 12.0. The molecule has 0 atom stereocenters. The fourth-order valence-corrected chi connectivity index (χ4v) is 3.50. The van der Waals surface area contributed by atoms with E-state index in [4.69, 9.17) is 23.2 Å². The summed E-state index contributed by atoms with van der Waals surface area (Å²) in [5.74, 6) is 2.12. The van der Waals surface area contributed by atoms with Gasteiger partial charge >= 0.3 is 0 Å². The molecular formula is C11H12Cl2S2. The van der Waals surface area contributed by atoms with E-state index < -0.39 is 0 Å². The van der Waals surface area contributed by atoms with Crippen molar-refractivity contribution in [3.63, 3.8) is 0 Å². The molecule has 15 heavy (non-hydrogen) atoms. The van der Waals surface area contributed by atoms with Crippen molar-refractivity contribution in [3.8, 4) is 0 Å². The average Bonchev–Trinajstić information content (AvgIpc) is 3.01. The van der Waals surface area contributed by atoms with Crippen molar-refractivity contribution in [2.75, 3.05) is 11.5 Å². The highest BCUT2D eigenvalue weighted by molar-refractivity contribution is 7.99. The number of thioether (sulfide) groups is 1. The van der Waals surface area contributed by atoms with Crippen molar-refractivity contribution in [3.05, 3.63) is 28.2 Å².